The molecule has 2 fully saturated rings. The number of nitrogens with two attached hydrogens (primary N) is 1. The van der Waals surface area contributed by atoms with Crippen molar-refractivity contribution in [1.29, 1.82) is 0 Å². The van der Waals surface area contributed by atoms with E-state index in [-0.39, 0.29) is 5.41 Å². The number of nitrogens with zero attached hydrogens (tertiary/aromatic N) is 1. The summed E-state index contributed by atoms with van der Waals surface area (Å²) < 4.78 is 0. The van der Waals surface area contributed by atoms with Crippen LogP contribution in [0.15, 0.2) is 0 Å². The van der Waals surface area contributed by atoms with Crippen molar-refractivity contribution in [3.05, 3.63) is 0 Å². The molecule has 0 aromatic heterocycles. The number of carbonyl (C=O) groups excluding carboxylic acids is 1. The highest BCUT2D eigenvalue weighted by Crippen LogP contribution is 2.43. The third kappa shape index (κ3) is 2.87. The van der Waals surface area contributed by atoms with Crippen LogP contribution >= 0.6 is 0 Å². The molecule has 18 heavy (non-hydrogen) atoms. The molecule has 0 spiro atoms. The van der Waals surface area contributed by atoms with E-state index in [2.05, 4.69) is 11.8 Å². The summed E-state index contributed by atoms with van der Waals surface area (Å²) in [6.45, 7) is 3.86. The molecular formula is C15H28N2O. The summed E-state index contributed by atoms with van der Waals surface area (Å²) in [6, 6.07) is 0.481. The van der Waals surface area contributed by atoms with Crippen LogP contribution in [0.4, 0.5) is 0 Å². The van der Waals surface area contributed by atoms with Gasteiger partial charge in [-0.2, -0.15) is 0 Å². The summed E-state index contributed by atoms with van der Waals surface area (Å²) in [7, 11) is 0. The zero-order valence-electron chi connectivity index (χ0n) is 11.8. The van der Waals surface area contributed by atoms with Gasteiger partial charge in [0.2, 0.25) is 5.91 Å². The molecule has 0 aromatic carbocycles. The second-order valence-corrected chi connectivity index (χ2v) is 6.23. The molecule has 104 valence electrons. The maximum atomic E-state index is 12.6. The molecule has 2 rings (SSSR count). The molecule has 1 aliphatic carbocycles. The van der Waals surface area contributed by atoms with Crippen molar-refractivity contribution < 1.29 is 4.79 Å². The van der Waals surface area contributed by atoms with Gasteiger partial charge in [-0.05, 0) is 44.1 Å². The van der Waals surface area contributed by atoms with Crippen molar-refractivity contribution in [2.24, 2.45) is 11.1 Å². The molecule has 1 amide bonds. The van der Waals surface area contributed by atoms with Gasteiger partial charge in [-0.25, -0.2) is 0 Å². The van der Waals surface area contributed by atoms with Crippen molar-refractivity contribution >= 4 is 5.91 Å². The third-order valence-corrected chi connectivity index (χ3v) is 5.04. The van der Waals surface area contributed by atoms with E-state index in [0.29, 0.717) is 24.9 Å². The fourth-order valence-corrected chi connectivity index (χ4v) is 3.48. The number of carbonyl (C=O) groups is 1. The van der Waals surface area contributed by atoms with Crippen LogP contribution in [-0.4, -0.2) is 29.9 Å². The number of likely N-dealkylation sites (tertiary alicyclic amines) is 1. The quantitative estimate of drug-likeness (QED) is 0.836. The Kier molecular flexibility index (Phi) is 4.66. The lowest BCUT2D eigenvalue weighted by molar-refractivity contribution is -0.137. The van der Waals surface area contributed by atoms with Gasteiger partial charge in [-0.1, -0.05) is 26.2 Å². The van der Waals surface area contributed by atoms with E-state index in [0.717, 1.165) is 25.8 Å². The van der Waals surface area contributed by atoms with Crippen LogP contribution in [0, 0.1) is 5.41 Å². The molecule has 2 aliphatic rings. The van der Waals surface area contributed by atoms with Gasteiger partial charge in [0.15, 0.2) is 0 Å². The molecule has 3 heteroatoms. The highest BCUT2D eigenvalue weighted by atomic mass is 16.2. The number of hydrogen-bond donors (Lipinski definition) is 1. The number of rotatable bonds is 4. The molecule has 1 heterocycles. The first-order chi connectivity index (χ1) is 8.71. The van der Waals surface area contributed by atoms with Gasteiger partial charge in [0.05, 0.1) is 0 Å². The zero-order chi connectivity index (χ0) is 13.0. The molecule has 0 bridgehead atoms. The normalized spacial score (nSPS) is 27.4. The molecule has 1 unspecified atom stereocenters. The molecule has 2 N–H and O–H groups in total. The fourth-order valence-electron chi connectivity index (χ4n) is 3.48. The molecule has 0 radical (unpaired) electrons. The van der Waals surface area contributed by atoms with E-state index in [1.807, 2.05) is 0 Å². The highest BCUT2D eigenvalue weighted by Gasteiger charge is 2.39. The van der Waals surface area contributed by atoms with E-state index in [1.165, 1.54) is 32.1 Å². The van der Waals surface area contributed by atoms with E-state index in [1.54, 1.807) is 0 Å². The summed E-state index contributed by atoms with van der Waals surface area (Å²) in [6.07, 6.45) is 10.3. The minimum atomic E-state index is 0.154. The maximum absolute atomic E-state index is 12.6. The van der Waals surface area contributed by atoms with Crippen LogP contribution in [0.3, 0.4) is 0 Å². The molecule has 1 aliphatic heterocycles. The first-order valence-electron chi connectivity index (χ1n) is 7.70. The van der Waals surface area contributed by atoms with Crippen LogP contribution in [0.1, 0.15) is 64.7 Å². The zero-order valence-corrected chi connectivity index (χ0v) is 11.8. The fraction of sp³-hybridized carbons (Fsp3) is 0.933. The van der Waals surface area contributed by atoms with Gasteiger partial charge >= 0.3 is 0 Å². The number of hydrogen-bond acceptors (Lipinski definition) is 2. The second kappa shape index (κ2) is 6.05. The summed E-state index contributed by atoms with van der Waals surface area (Å²) in [5, 5.41) is 0. The Labute approximate surface area is 111 Å². The van der Waals surface area contributed by atoms with E-state index in [4.69, 9.17) is 5.73 Å². The van der Waals surface area contributed by atoms with Crippen LogP contribution in [-0.2, 0) is 4.79 Å². The maximum Gasteiger partial charge on any atom is 0.223 e. The average Bonchev–Trinajstić information content (AvgIpc) is 2.58. The minimum absolute atomic E-state index is 0.154. The van der Waals surface area contributed by atoms with Crippen molar-refractivity contribution in [2.75, 3.05) is 13.1 Å². The lowest BCUT2D eigenvalue weighted by atomic mass is 9.66. The minimum Gasteiger partial charge on any atom is -0.340 e. The molecule has 0 aromatic rings. The summed E-state index contributed by atoms with van der Waals surface area (Å²) in [4.78, 5) is 14.7. The first-order valence-corrected chi connectivity index (χ1v) is 7.70. The van der Waals surface area contributed by atoms with Gasteiger partial charge in [-0.3, -0.25) is 4.79 Å². The van der Waals surface area contributed by atoms with Crippen molar-refractivity contribution in [1.82, 2.24) is 4.90 Å². The highest BCUT2D eigenvalue weighted by molar-refractivity contribution is 5.77. The SMILES string of the molecule is CCC1CCCCCN1C(=O)CC1(CN)CCC1. The number of amides is 1. The van der Waals surface area contributed by atoms with Gasteiger partial charge in [0.25, 0.3) is 0 Å². The van der Waals surface area contributed by atoms with E-state index in [9.17, 15) is 4.79 Å². The van der Waals surface area contributed by atoms with Crippen molar-refractivity contribution in [3.8, 4) is 0 Å². The van der Waals surface area contributed by atoms with Crippen LogP contribution < -0.4 is 5.73 Å². The third-order valence-electron chi connectivity index (χ3n) is 5.04. The van der Waals surface area contributed by atoms with E-state index >= 15 is 0 Å². The van der Waals surface area contributed by atoms with Crippen molar-refractivity contribution in [2.45, 2.75) is 70.8 Å². The van der Waals surface area contributed by atoms with Gasteiger partial charge in [-0.15, -0.1) is 0 Å². The topological polar surface area (TPSA) is 46.3 Å². The van der Waals surface area contributed by atoms with Gasteiger partial charge in [0.1, 0.15) is 0 Å². The van der Waals surface area contributed by atoms with Crippen LogP contribution in [0.25, 0.3) is 0 Å². The molecule has 3 nitrogen and oxygen atoms in total. The second-order valence-electron chi connectivity index (χ2n) is 6.23. The molecule has 1 saturated heterocycles. The molecular weight excluding hydrogens is 224 g/mol. The summed E-state index contributed by atoms with van der Waals surface area (Å²) >= 11 is 0. The molecule has 1 saturated carbocycles. The van der Waals surface area contributed by atoms with Gasteiger partial charge in [0, 0.05) is 19.0 Å². The van der Waals surface area contributed by atoms with Crippen LogP contribution in [0.2, 0.25) is 0 Å². The average molecular weight is 252 g/mol. The lowest BCUT2D eigenvalue weighted by Gasteiger charge is -2.42. The Bertz CT molecular complexity index is 281. The lowest BCUT2D eigenvalue weighted by Crippen LogP contribution is -2.46. The Morgan fingerprint density at radius 3 is 2.61 bits per heavy atom. The van der Waals surface area contributed by atoms with Gasteiger partial charge < -0.3 is 10.6 Å². The monoisotopic (exact) mass is 252 g/mol. The van der Waals surface area contributed by atoms with Crippen molar-refractivity contribution in [3.63, 3.8) is 0 Å². The Morgan fingerprint density at radius 2 is 2.06 bits per heavy atom. The standard InChI is InChI=1S/C15H28N2O/c1-2-13-7-4-3-5-10-17(13)14(18)11-15(12-16)8-6-9-15/h13H,2-12,16H2,1H3. The Balaban J connectivity index is 1.97. The van der Waals surface area contributed by atoms with E-state index < -0.39 is 0 Å². The Morgan fingerprint density at radius 1 is 1.28 bits per heavy atom. The molecule has 1 atom stereocenters. The summed E-state index contributed by atoms with van der Waals surface area (Å²) in [5.74, 6) is 0.369. The largest absolute Gasteiger partial charge is 0.340 e. The Hall–Kier alpha value is -0.570. The summed E-state index contributed by atoms with van der Waals surface area (Å²) in [5.41, 5.74) is 6.03. The smallest absolute Gasteiger partial charge is 0.223 e. The predicted octanol–water partition coefficient (Wildman–Crippen LogP) is 2.69. The van der Waals surface area contributed by atoms with Crippen LogP contribution in [0.5, 0.6) is 0 Å². The first kappa shape index (κ1) is 13.9. The predicted molar refractivity (Wildman–Crippen MR) is 74.2 cm³/mol.